The van der Waals surface area contributed by atoms with E-state index >= 15 is 0 Å². The number of benzene rings is 2. The maximum absolute atomic E-state index is 12.3. The molecular weight excluding hydrogens is 384 g/mol. The Morgan fingerprint density at radius 3 is 2.60 bits per heavy atom. The average Bonchev–Trinajstić information content (AvgIpc) is 3.16. The second-order valence-electron chi connectivity index (χ2n) is 6.90. The van der Waals surface area contributed by atoms with Crippen LogP contribution in [0.3, 0.4) is 0 Å². The maximum atomic E-state index is 12.3. The number of anilines is 1. The molecular formula is C23H26N2O5. The number of carbonyl (C=O) groups excluding carboxylic acids is 2. The van der Waals surface area contributed by atoms with E-state index in [1.165, 1.54) is 14.2 Å². The van der Waals surface area contributed by atoms with Gasteiger partial charge >= 0.3 is 5.97 Å². The number of nitrogens with one attached hydrogen (secondary N) is 2. The van der Waals surface area contributed by atoms with Gasteiger partial charge in [-0.15, -0.1) is 0 Å². The van der Waals surface area contributed by atoms with Gasteiger partial charge in [0.05, 0.1) is 14.2 Å². The number of fused-ring (bicyclic) bond motifs is 1. The molecule has 1 amide bonds. The molecule has 1 heterocycles. The largest absolute Gasteiger partial charge is 0.493 e. The minimum atomic E-state index is -0.904. The summed E-state index contributed by atoms with van der Waals surface area (Å²) in [6.45, 7) is 1.55. The van der Waals surface area contributed by atoms with Gasteiger partial charge in [-0.1, -0.05) is 18.2 Å². The van der Waals surface area contributed by atoms with Crippen molar-refractivity contribution in [3.05, 3.63) is 54.2 Å². The molecule has 0 spiro atoms. The van der Waals surface area contributed by atoms with Gasteiger partial charge in [-0.3, -0.25) is 9.59 Å². The van der Waals surface area contributed by atoms with Crippen LogP contribution in [0.4, 0.5) is 5.69 Å². The van der Waals surface area contributed by atoms with Gasteiger partial charge in [0.25, 0.3) is 5.91 Å². The van der Waals surface area contributed by atoms with E-state index in [9.17, 15) is 9.59 Å². The van der Waals surface area contributed by atoms with Crippen LogP contribution >= 0.6 is 0 Å². The number of methoxy groups -OCH3 is 2. The zero-order chi connectivity index (χ0) is 21.5. The first-order valence-electron chi connectivity index (χ1n) is 9.79. The average molecular weight is 410 g/mol. The summed E-state index contributed by atoms with van der Waals surface area (Å²) in [4.78, 5) is 27.7. The first kappa shape index (κ1) is 21.2. The number of para-hydroxylation sites is 1. The van der Waals surface area contributed by atoms with Crippen molar-refractivity contribution in [1.29, 1.82) is 0 Å². The summed E-state index contributed by atoms with van der Waals surface area (Å²) >= 11 is 0. The Morgan fingerprint density at radius 2 is 1.83 bits per heavy atom. The smallest absolute Gasteiger partial charge is 0.306 e. The van der Waals surface area contributed by atoms with Gasteiger partial charge in [0.2, 0.25) is 0 Å². The molecule has 0 saturated heterocycles. The minimum absolute atomic E-state index is 0.244. The van der Waals surface area contributed by atoms with Crippen molar-refractivity contribution in [1.82, 2.24) is 4.98 Å². The highest BCUT2D eigenvalue weighted by Gasteiger charge is 2.18. The number of H-pyrrole nitrogens is 1. The number of ether oxygens (including phenoxy) is 3. The number of hydrogen-bond donors (Lipinski definition) is 2. The number of aryl methyl sites for hydroxylation is 1. The number of carbonyl (C=O) groups is 2. The molecule has 0 saturated carbocycles. The van der Waals surface area contributed by atoms with Crippen LogP contribution in [-0.4, -0.2) is 37.2 Å². The van der Waals surface area contributed by atoms with E-state index < -0.39 is 18.0 Å². The van der Waals surface area contributed by atoms with Crippen LogP contribution < -0.4 is 14.8 Å². The molecule has 3 rings (SSSR count). The highest BCUT2D eigenvalue weighted by Crippen LogP contribution is 2.29. The Hall–Kier alpha value is -3.48. The fraction of sp³-hybridized carbons (Fsp3) is 0.304. The molecule has 0 aliphatic heterocycles. The molecule has 3 aromatic rings. The fourth-order valence-corrected chi connectivity index (χ4v) is 3.23. The third-order valence-electron chi connectivity index (χ3n) is 4.83. The molecule has 0 fully saturated rings. The van der Waals surface area contributed by atoms with Gasteiger partial charge < -0.3 is 24.5 Å². The summed E-state index contributed by atoms with van der Waals surface area (Å²) in [5.74, 6) is 0.249. The highest BCUT2D eigenvalue weighted by atomic mass is 16.5. The van der Waals surface area contributed by atoms with Gasteiger partial charge in [0.15, 0.2) is 17.6 Å². The van der Waals surface area contributed by atoms with Crippen LogP contribution in [0.5, 0.6) is 11.5 Å². The third-order valence-corrected chi connectivity index (χ3v) is 4.83. The molecule has 0 radical (unpaired) electrons. The number of amides is 1. The summed E-state index contributed by atoms with van der Waals surface area (Å²) < 4.78 is 15.7. The zero-order valence-corrected chi connectivity index (χ0v) is 17.4. The molecule has 1 aromatic heterocycles. The summed E-state index contributed by atoms with van der Waals surface area (Å²) in [5, 5.41) is 3.88. The van der Waals surface area contributed by atoms with Crippen molar-refractivity contribution < 1.29 is 23.8 Å². The Kier molecular flexibility index (Phi) is 6.95. The van der Waals surface area contributed by atoms with E-state index in [0.717, 1.165) is 22.9 Å². The zero-order valence-electron chi connectivity index (χ0n) is 17.4. The van der Waals surface area contributed by atoms with Crippen molar-refractivity contribution >= 4 is 28.5 Å². The summed E-state index contributed by atoms with van der Waals surface area (Å²) in [6, 6.07) is 13.1. The molecule has 30 heavy (non-hydrogen) atoms. The lowest BCUT2D eigenvalue weighted by atomic mass is 10.1. The Balaban J connectivity index is 1.47. The number of aromatic nitrogens is 1. The number of hydrogen-bond acceptors (Lipinski definition) is 5. The third kappa shape index (κ3) is 5.11. The minimum Gasteiger partial charge on any atom is -0.493 e. The van der Waals surface area contributed by atoms with Crippen molar-refractivity contribution in [3.63, 3.8) is 0 Å². The molecule has 7 heteroatoms. The van der Waals surface area contributed by atoms with Crippen LogP contribution in [-0.2, 0) is 20.7 Å². The topological polar surface area (TPSA) is 89.6 Å². The lowest BCUT2D eigenvalue weighted by Crippen LogP contribution is -2.29. The van der Waals surface area contributed by atoms with Crippen molar-refractivity contribution in [2.75, 3.05) is 19.5 Å². The molecule has 2 N–H and O–H groups in total. The van der Waals surface area contributed by atoms with Gasteiger partial charge in [0, 0.05) is 35.3 Å². The summed E-state index contributed by atoms with van der Waals surface area (Å²) in [7, 11) is 3.06. The Labute approximate surface area is 175 Å². The van der Waals surface area contributed by atoms with Crippen molar-refractivity contribution in [3.8, 4) is 11.5 Å². The van der Waals surface area contributed by atoms with Crippen molar-refractivity contribution in [2.45, 2.75) is 32.3 Å². The van der Waals surface area contributed by atoms with Crippen molar-refractivity contribution in [2.24, 2.45) is 0 Å². The molecule has 1 atom stereocenters. The molecule has 7 nitrogen and oxygen atoms in total. The summed E-state index contributed by atoms with van der Waals surface area (Å²) in [6.07, 6.45) is 2.71. The SMILES string of the molecule is COc1ccc(NC(=O)C(C)OC(=O)CCCc2c[nH]c3ccccc23)cc1OC. The standard InChI is InChI=1S/C23H26N2O5/c1-15(23(27)25-17-11-12-20(28-2)21(13-17)29-3)30-22(26)10-6-7-16-14-24-19-9-5-4-8-18(16)19/h4-5,8-9,11-15,24H,6-7,10H2,1-3H3,(H,25,27). The normalized spacial score (nSPS) is 11.7. The van der Waals surface area contributed by atoms with Crippen LogP contribution in [0, 0.1) is 0 Å². The van der Waals surface area contributed by atoms with E-state index in [2.05, 4.69) is 16.4 Å². The van der Waals surface area contributed by atoms with Crippen LogP contribution in [0.1, 0.15) is 25.3 Å². The predicted molar refractivity (Wildman–Crippen MR) is 115 cm³/mol. The number of rotatable bonds is 9. The first-order valence-corrected chi connectivity index (χ1v) is 9.79. The van der Waals surface area contributed by atoms with E-state index in [4.69, 9.17) is 14.2 Å². The van der Waals surface area contributed by atoms with Gasteiger partial charge in [-0.05, 0) is 43.5 Å². The van der Waals surface area contributed by atoms with E-state index in [1.807, 2.05) is 24.4 Å². The monoisotopic (exact) mass is 410 g/mol. The fourth-order valence-electron chi connectivity index (χ4n) is 3.23. The van der Waals surface area contributed by atoms with Gasteiger partial charge in [0.1, 0.15) is 0 Å². The van der Waals surface area contributed by atoms with E-state index in [-0.39, 0.29) is 6.42 Å². The van der Waals surface area contributed by atoms with Crippen LogP contribution in [0.2, 0.25) is 0 Å². The van der Waals surface area contributed by atoms with Crippen LogP contribution in [0.15, 0.2) is 48.7 Å². The van der Waals surface area contributed by atoms with Gasteiger partial charge in [-0.2, -0.15) is 0 Å². The molecule has 1 unspecified atom stereocenters. The molecule has 0 bridgehead atoms. The second kappa shape index (κ2) is 9.82. The maximum Gasteiger partial charge on any atom is 0.306 e. The predicted octanol–water partition coefficient (Wildman–Crippen LogP) is 4.08. The first-order chi connectivity index (χ1) is 14.5. The van der Waals surface area contributed by atoms with E-state index in [0.29, 0.717) is 23.6 Å². The molecule has 0 aliphatic rings. The number of esters is 1. The quantitative estimate of drug-likeness (QED) is 0.519. The van der Waals surface area contributed by atoms with Gasteiger partial charge in [-0.25, -0.2) is 0 Å². The lowest BCUT2D eigenvalue weighted by molar-refractivity contribution is -0.153. The Morgan fingerprint density at radius 1 is 1.07 bits per heavy atom. The highest BCUT2D eigenvalue weighted by molar-refractivity contribution is 5.95. The lowest BCUT2D eigenvalue weighted by Gasteiger charge is -2.15. The number of aromatic amines is 1. The Bertz CT molecular complexity index is 1030. The molecule has 2 aromatic carbocycles. The molecule has 0 aliphatic carbocycles. The van der Waals surface area contributed by atoms with Crippen LogP contribution in [0.25, 0.3) is 10.9 Å². The molecule has 158 valence electrons. The van der Waals surface area contributed by atoms with E-state index in [1.54, 1.807) is 25.1 Å². The summed E-state index contributed by atoms with van der Waals surface area (Å²) in [5.41, 5.74) is 2.77. The second-order valence-corrected chi connectivity index (χ2v) is 6.90.